The third-order valence-electron chi connectivity index (χ3n) is 3.96. The molecule has 1 aromatic heterocycles. The summed E-state index contributed by atoms with van der Waals surface area (Å²) in [6.45, 7) is 6.49. The highest BCUT2D eigenvalue weighted by atomic mass is 79.9. The van der Waals surface area contributed by atoms with Gasteiger partial charge in [-0.15, -0.1) is 0 Å². The fourth-order valence-electron chi connectivity index (χ4n) is 2.21. The predicted molar refractivity (Wildman–Crippen MR) is 110 cm³/mol. The molecule has 2 rings (SSSR count). The average Bonchev–Trinajstić information content (AvgIpc) is 2.67. The van der Waals surface area contributed by atoms with E-state index in [0.717, 1.165) is 18.7 Å². The Balaban J connectivity index is 2.01. The van der Waals surface area contributed by atoms with Crippen LogP contribution in [0.3, 0.4) is 0 Å². The van der Waals surface area contributed by atoms with Crippen LogP contribution in [0.15, 0.2) is 39.8 Å². The van der Waals surface area contributed by atoms with E-state index in [1.807, 2.05) is 25.8 Å². The number of ether oxygens (including phenoxy) is 2. The molecule has 2 aromatic rings. The van der Waals surface area contributed by atoms with E-state index in [2.05, 4.69) is 25.9 Å². The number of benzene rings is 1. The highest BCUT2D eigenvalue weighted by Crippen LogP contribution is 2.32. The Morgan fingerprint density at radius 2 is 2.03 bits per heavy atom. The van der Waals surface area contributed by atoms with Gasteiger partial charge < -0.3 is 14.4 Å². The lowest BCUT2D eigenvalue weighted by Crippen LogP contribution is -2.22. The highest BCUT2D eigenvalue weighted by molar-refractivity contribution is 9.10. The Labute approximate surface area is 176 Å². The Hall–Kier alpha value is -2.29. The molecule has 0 saturated carbocycles. The van der Waals surface area contributed by atoms with Gasteiger partial charge in [0.15, 0.2) is 0 Å². The van der Waals surface area contributed by atoms with E-state index in [9.17, 15) is 13.2 Å². The van der Waals surface area contributed by atoms with Gasteiger partial charge in [0.1, 0.15) is 18.5 Å². The largest absolute Gasteiger partial charge is 0.490 e. The molecule has 1 unspecified atom stereocenters. The molecule has 0 aliphatic carbocycles. The molecule has 0 aliphatic heterocycles. The summed E-state index contributed by atoms with van der Waals surface area (Å²) in [6.07, 6.45) is -3.12. The maximum atomic E-state index is 12.8. The van der Waals surface area contributed by atoms with Gasteiger partial charge in [-0.3, -0.25) is 0 Å². The molecule has 1 atom stereocenters. The van der Waals surface area contributed by atoms with E-state index in [1.165, 1.54) is 12.1 Å². The number of aromatic nitrogens is 1. The van der Waals surface area contributed by atoms with E-state index >= 15 is 0 Å². The highest BCUT2D eigenvalue weighted by Gasteiger charge is 2.30. The summed E-state index contributed by atoms with van der Waals surface area (Å²) in [4.78, 5) is 10.7. The number of aliphatic imine (C=N–C) groups is 1. The van der Waals surface area contributed by atoms with Crippen LogP contribution in [0.5, 0.6) is 11.6 Å². The zero-order valence-electron chi connectivity index (χ0n) is 16.6. The Morgan fingerprint density at radius 3 is 2.69 bits per heavy atom. The van der Waals surface area contributed by atoms with Gasteiger partial charge >= 0.3 is 6.18 Å². The summed E-state index contributed by atoms with van der Waals surface area (Å²) in [5, 5.41) is 0. The van der Waals surface area contributed by atoms with Crippen molar-refractivity contribution >= 4 is 28.0 Å². The van der Waals surface area contributed by atoms with Crippen molar-refractivity contribution in [3.05, 3.63) is 46.1 Å². The van der Waals surface area contributed by atoms with Gasteiger partial charge in [-0.2, -0.15) is 13.2 Å². The maximum absolute atomic E-state index is 12.8. The summed E-state index contributed by atoms with van der Waals surface area (Å²) in [5.41, 5.74) is 0.640. The molecule has 0 spiro atoms. The molecule has 0 N–H and O–H groups in total. The first kappa shape index (κ1) is 23.0. The van der Waals surface area contributed by atoms with Crippen LogP contribution >= 0.6 is 15.9 Å². The Bertz CT molecular complexity index is 859. The molecule has 0 fully saturated rings. The van der Waals surface area contributed by atoms with E-state index in [0.29, 0.717) is 21.7 Å². The molecule has 1 aromatic carbocycles. The summed E-state index contributed by atoms with van der Waals surface area (Å²) in [7, 11) is 1.92. The number of halogens is 4. The number of alkyl halides is 3. The zero-order chi connectivity index (χ0) is 21.6. The molecule has 5 nitrogen and oxygen atoms in total. The smallest absolute Gasteiger partial charge is 0.416 e. The van der Waals surface area contributed by atoms with Gasteiger partial charge in [0, 0.05) is 13.6 Å². The Kier molecular flexibility index (Phi) is 7.89. The standard InChI is InChI=1S/C20H23BrF3N3O2/c1-5-27(4)12-25-18-10-17(21)19(26-14(18)3)29-13(2)11-28-16-8-6-7-15(9-16)20(22,23)24/h6-10,12-13H,5,11H2,1-4H3/b25-12+. The lowest BCUT2D eigenvalue weighted by molar-refractivity contribution is -0.137. The SMILES string of the molecule is CCN(C)/C=N/c1cc(Br)c(OC(C)COc2cccc(C(F)(F)F)c2)nc1C. The van der Waals surface area contributed by atoms with Crippen LogP contribution < -0.4 is 9.47 Å². The normalized spacial score (nSPS) is 12.8. The van der Waals surface area contributed by atoms with E-state index < -0.39 is 17.8 Å². The van der Waals surface area contributed by atoms with Crippen molar-refractivity contribution < 1.29 is 22.6 Å². The fourth-order valence-corrected chi connectivity index (χ4v) is 2.60. The summed E-state index contributed by atoms with van der Waals surface area (Å²) >= 11 is 3.42. The lowest BCUT2D eigenvalue weighted by atomic mass is 10.2. The third-order valence-corrected chi connectivity index (χ3v) is 4.53. The van der Waals surface area contributed by atoms with Gasteiger partial charge in [-0.25, -0.2) is 9.98 Å². The van der Waals surface area contributed by atoms with Crippen LogP contribution in [0, 0.1) is 6.92 Å². The average molecular weight is 474 g/mol. The van der Waals surface area contributed by atoms with Gasteiger partial charge in [0.2, 0.25) is 5.88 Å². The number of nitrogens with zero attached hydrogens (tertiary/aromatic N) is 3. The minimum atomic E-state index is -4.41. The number of hydrogen-bond acceptors (Lipinski definition) is 4. The van der Waals surface area contributed by atoms with Crippen LogP contribution in [0.2, 0.25) is 0 Å². The fraction of sp³-hybridized carbons (Fsp3) is 0.400. The molecule has 0 saturated heterocycles. The van der Waals surface area contributed by atoms with E-state index in [1.54, 1.807) is 19.3 Å². The third kappa shape index (κ3) is 6.92. The van der Waals surface area contributed by atoms with Crippen LogP contribution in [0.1, 0.15) is 25.1 Å². The van der Waals surface area contributed by atoms with Crippen molar-refractivity contribution in [2.75, 3.05) is 20.2 Å². The van der Waals surface area contributed by atoms with E-state index in [4.69, 9.17) is 9.47 Å². The van der Waals surface area contributed by atoms with Crippen LogP contribution in [0.4, 0.5) is 18.9 Å². The van der Waals surface area contributed by atoms with Crippen LogP contribution in [0.25, 0.3) is 0 Å². The molecule has 158 valence electrons. The van der Waals surface area contributed by atoms with Crippen molar-refractivity contribution in [1.29, 1.82) is 0 Å². The number of aryl methyl sites for hydroxylation is 1. The molecule has 0 radical (unpaired) electrons. The number of hydrogen-bond donors (Lipinski definition) is 0. The molecule has 0 amide bonds. The first-order valence-corrected chi connectivity index (χ1v) is 9.77. The molecule has 9 heteroatoms. The van der Waals surface area contributed by atoms with Gasteiger partial charge in [0.05, 0.1) is 27.8 Å². The predicted octanol–water partition coefficient (Wildman–Crippen LogP) is 5.63. The lowest BCUT2D eigenvalue weighted by Gasteiger charge is -2.17. The summed E-state index contributed by atoms with van der Waals surface area (Å²) in [6, 6.07) is 6.54. The van der Waals surface area contributed by atoms with Crippen molar-refractivity contribution in [2.24, 2.45) is 4.99 Å². The second kappa shape index (κ2) is 9.96. The van der Waals surface area contributed by atoms with Crippen molar-refractivity contribution in [3.8, 4) is 11.6 Å². The quantitative estimate of drug-likeness (QED) is 0.368. The maximum Gasteiger partial charge on any atom is 0.416 e. The summed E-state index contributed by atoms with van der Waals surface area (Å²) in [5.74, 6) is 0.494. The zero-order valence-corrected chi connectivity index (χ0v) is 18.2. The molecule has 0 bridgehead atoms. The molecular formula is C20H23BrF3N3O2. The van der Waals surface area contributed by atoms with Gasteiger partial charge in [0.25, 0.3) is 0 Å². The number of rotatable bonds is 8. The monoisotopic (exact) mass is 473 g/mol. The molecule has 0 aliphatic rings. The molecule has 29 heavy (non-hydrogen) atoms. The van der Waals surface area contributed by atoms with Crippen LogP contribution in [-0.4, -0.2) is 42.5 Å². The molecular weight excluding hydrogens is 451 g/mol. The van der Waals surface area contributed by atoms with E-state index in [-0.39, 0.29) is 12.4 Å². The summed E-state index contributed by atoms with van der Waals surface area (Å²) < 4.78 is 50.2. The second-order valence-electron chi connectivity index (χ2n) is 6.46. The molecule has 1 heterocycles. The minimum absolute atomic E-state index is 0.0652. The Morgan fingerprint density at radius 1 is 1.31 bits per heavy atom. The first-order valence-electron chi connectivity index (χ1n) is 8.98. The minimum Gasteiger partial charge on any atom is -0.490 e. The van der Waals surface area contributed by atoms with Crippen molar-refractivity contribution in [1.82, 2.24) is 9.88 Å². The van der Waals surface area contributed by atoms with Crippen LogP contribution in [-0.2, 0) is 6.18 Å². The number of pyridine rings is 1. The van der Waals surface area contributed by atoms with Gasteiger partial charge in [-0.1, -0.05) is 6.07 Å². The van der Waals surface area contributed by atoms with Crippen molar-refractivity contribution in [3.63, 3.8) is 0 Å². The first-order chi connectivity index (χ1) is 13.6. The second-order valence-corrected chi connectivity index (χ2v) is 7.32. The topological polar surface area (TPSA) is 47.0 Å². The van der Waals surface area contributed by atoms with Gasteiger partial charge in [-0.05, 0) is 61.0 Å². The van der Waals surface area contributed by atoms with Crippen molar-refractivity contribution in [2.45, 2.75) is 33.1 Å².